The minimum atomic E-state index is -0.585. The van der Waals surface area contributed by atoms with Crippen molar-refractivity contribution >= 4 is 5.82 Å². The largest absolute Gasteiger partial charge is 0.487 e. The Morgan fingerprint density at radius 1 is 1.32 bits per heavy atom. The van der Waals surface area contributed by atoms with Crippen LogP contribution < -0.4 is 15.2 Å². The molecule has 0 amide bonds. The topological polar surface area (TPSA) is 112 Å². The highest BCUT2D eigenvalue weighted by atomic mass is 19.1. The molecule has 2 aliphatic rings. The fourth-order valence-corrected chi connectivity index (χ4v) is 4.02. The molecule has 0 saturated heterocycles. The molecule has 1 atom stereocenters. The first-order valence-corrected chi connectivity index (χ1v) is 10.1. The minimum Gasteiger partial charge on any atom is -0.487 e. The van der Waals surface area contributed by atoms with Gasteiger partial charge in [0, 0.05) is 12.6 Å². The first-order valence-electron chi connectivity index (χ1n) is 10.1. The lowest BCUT2D eigenvalue weighted by molar-refractivity contribution is 0.155. The van der Waals surface area contributed by atoms with E-state index in [9.17, 15) is 9.65 Å². The summed E-state index contributed by atoms with van der Waals surface area (Å²) in [6.07, 6.45) is 4.03. The summed E-state index contributed by atoms with van der Waals surface area (Å²) in [6, 6.07) is 6.63. The number of halogens is 1. The average molecular weight is 420 g/mol. The number of aryl methyl sites for hydroxylation is 2. The highest BCUT2D eigenvalue weighted by Crippen LogP contribution is 2.46. The normalized spacial score (nSPS) is 18.8. The van der Waals surface area contributed by atoms with E-state index in [1.807, 2.05) is 0 Å². The number of ether oxygens (including phenoxy) is 2. The third-order valence-corrected chi connectivity index (χ3v) is 5.90. The second-order valence-electron chi connectivity index (χ2n) is 8.08. The molecular formula is C22H21FN6O2. The van der Waals surface area contributed by atoms with Crippen molar-refractivity contribution < 1.29 is 13.9 Å². The molecule has 0 radical (unpaired) electrons. The van der Waals surface area contributed by atoms with Gasteiger partial charge in [-0.2, -0.15) is 10.4 Å². The molecule has 2 aromatic heterocycles. The standard InChI is InChI=1S/C22H21FN6O2/c1-12-14-9-13(23)3-4-18(14)31-22(7-8-22)6-5-15-19(17(10-24)29(2)28-15)16-11-26-20(25)21(27-16)30-12/h3-4,9,11-12H,5-8H2,1-2H3,(H2,25,26)/t12-/m1/s1. The zero-order valence-electron chi connectivity index (χ0n) is 17.2. The summed E-state index contributed by atoms with van der Waals surface area (Å²) in [7, 11) is 1.73. The van der Waals surface area contributed by atoms with E-state index in [0.717, 1.165) is 18.5 Å². The van der Waals surface area contributed by atoms with Crippen molar-refractivity contribution in [2.45, 2.75) is 44.3 Å². The number of hydrogen-bond acceptors (Lipinski definition) is 7. The number of hydrogen-bond donors (Lipinski definition) is 1. The third kappa shape index (κ3) is 3.34. The highest BCUT2D eigenvalue weighted by molar-refractivity contribution is 5.69. The number of nitrogen functional groups attached to an aromatic ring is 1. The number of rotatable bonds is 0. The molecule has 3 aromatic rings. The van der Waals surface area contributed by atoms with Crippen LogP contribution in [0.4, 0.5) is 10.2 Å². The predicted molar refractivity (Wildman–Crippen MR) is 110 cm³/mol. The molecule has 2 bridgehead atoms. The Kier molecular flexibility index (Phi) is 4.32. The van der Waals surface area contributed by atoms with Crippen molar-refractivity contribution in [3.63, 3.8) is 0 Å². The van der Waals surface area contributed by atoms with Crippen molar-refractivity contribution in [3.8, 4) is 29.0 Å². The van der Waals surface area contributed by atoms with Crippen molar-refractivity contribution in [1.82, 2.24) is 19.7 Å². The highest BCUT2D eigenvalue weighted by Gasteiger charge is 2.46. The second kappa shape index (κ2) is 6.94. The minimum absolute atomic E-state index is 0.104. The Morgan fingerprint density at radius 2 is 2.13 bits per heavy atom. The van der Waals surface area contributed by atoms with Gasteiger partial charge in [-0.3, -0.25) is 4.68 Å². The molecule has 1 aliphatic heterocycles. The maximum Gasteiger partial charge on any atom is 0.258 e. The Labute approximate surface area is 178 Å². The molecule has 2 N–H and O–H groups in total. The lowest BCUT2D eigenvalue weighted by Crippen LogP contribution is -2.21. The molecule has 0 unspecified atom stereocenters. The van der Waals surface area contributed by atoms with E-state index >= 15 is 0 Å². The van der Waals surface area contributed by atoms with Crippen molar-refractivity contribution in [1.29, 1.82) is 5.26 Å². The molecule has 31 heavy (non-hydrogen) atoms. The van der Waals surface area contributed by atoms with Crippen molar-refractivity contribution in [2.75, 3.05) is 5.73 Å². The van der Waals surface area contributed by atoms with E-state index in [1.165, 1.54) is 18.3 Å². The Balaban J connectivity index is 1.68. The molecule has 1 aliphatic carbocycles. The van der Waals surface area contributed by atoms with Gasteiger partial charge in [-0.1, -0.05) is 0 Å². The van der Waals surface area contributed by atoms with E-state index in [-0.39, 0.29) is 23.1 Å². The summed E-state index contributed by atoms with van der Waals surface area (Å²) < 4.78 is 28.0. The van der Waals surface area contributed by atoms with Gasteiger partial charge in [0.05, 0.1) is 23.1 Å². The monoisotopic (exact) mass is 420 g/mol. The first kappa shape index (κ1) is 19.3. The molecule has 1 spiro atoms. The smallest absolute Gasteiger partial charge is 0.258 e. The zero-order valence-corrected chi connectivity index (χ0v) is 17.2. The summed E-state index contributed by atoms with van der Waals surface area (Å²) >= 11 is 0. The number of nitrogens with zero attached hydrogens (tertiary/aromatic N) is 5. The number of nitriles is 1. The average Bonchev–Trinajstić information content (AvgIpc) is 3.43. The summed E-state index contributed by atoms with van der Waals surface area (Å²) in [4.78, 5) is 8.77. The van der Waals surface area contributed by atoms with Crippen LogP contribution in [0.2, 0.25) is 0 Å². The van der Waals surface area contributed by atoms with Crippen LogP contribution in [-0.2, 0) is 13.5 Å². The summed E-state index contributed by atoms with van der Waals surface area (Å²) in [5, 5.41) is 14.3. The Hall–Kier alpha value is -3.67. The molecular weight excluding hydrogens is 399 g/mol. The molecule has 9 heteroatoms. The number of anilines is 1. The van der Waals surface area contributed by atoms with Crippen LogP contribution in [0.3, 0.4) is 0 Å². The van der Waals surface area contributed by atoms with Crippen LogP contribution in [0.5, 0.6) is 11.6 Å². The molecule has 8 nitrogen and oxygen atoms in total. The Morgan fingerprint density at radius 3 is 2.87 bits per heavy atom. The van der Waals surface area contributed by atoms with Gasteiger partial charge in [0.2, 0.25) is 0 Å². The molecule has 1 aromatic carbocycles. The first-order chi connectivity index (χ1) is 14.9. The maximum atomic E-state index is 14.1. The van der Waals surface area contributed by atoms with Gasteiger partial charge in [-0.15, -0.1) is 0 Å². The number of aromatic nitrogens is 4. The zero-order chi connectivity index (χ0) is 21.8. The lowest BCUT2D eigenvalue weighted by Gasteiger charge is -2.23. The van der Waals surface area contributed by atoms with E-state index in [2.05, 4.69) is 21.1 Å². The molecule has 1 saturated carbocycles. The maximum absolute atomic E-state index is 14.1. The summed E-state index contributed by atoms with van der Waals surface area (Å²) in [6.45, 7) is 1.78. The fraction of sp³-hybridized carbons (Fsp3) is 0.364. The van der Waals surface area contributed by atoms with Gasteiger partial charge in [0.1, 0.15) is 35.0 Å². The second-order valence-corrected chi connectivity index (χ2v) is 8.08. The Bertz CT molecular complexity index is 1230. The quantitative estimate of drug-likeness (QED) is 0.593. The van der Waals surface area contributed by atoms with Gasteiger partial charge in [-0.25, -0.2) is 14.4 Å². The van der Waals surface area contributed by atoms with Crippen molar-refractivity contribution in [3.05, 3.63) is 47.2 Å². The summed E-state index contributed by atoms with van der Waals surface area (Å²) in [5.74, 6) is 0.411. The van der Waals surface area contributed by atoms with Gasteiger partial charge < -0.3 is 15.2 Å². The van der Waals surface area contributed by atoms with Crippen LogP contribution in [-0.4, -0.2) is 25.3 Å². The molecule has 158 valence electrons. The van der Waals surface area contributed by atoms with E-state index < -0.39 is 6.10 Å². The third-order valence-electron chi connectivity index (χ3n) is 5.90. The van der Waals surface area contributed by atoms with Crippen LogP contribution in [0.25, 0.3) is 11.3 Å². The van der Waals surface area contributed by atoms with Crippen LogP contribution in [0.1, 0.15) is 49.2 Å². The number of fused-ring (bicyclic) bond motifs is 5. The molecule has 5 rings (SSSR count). The van der Waals surface area contributed by atoms with E-state index in [0.29, 0.717) is 41.1 Å². The van der Waals surface area contributed by atoms with Crippen LogP contribution >= 0.6 is 0 Å². The number of nitrogens with two attached hydrogens (primary N) is 1. The van der Waals surface area contributed by atoms with Crippen LogP contribution in [0, 0.1) is 17.1 Å². The lowest BCUT2D eigenvalue weighted by atomic mass is 10.0. The van der Waals surface area contributed by atoms with Gasteiger partial charge in [-0.05, 0) is 50.8 Å². The molecule has 3 heterocycles. The van der Waals surface area contributed by atoms with Gasteiger partial charge in [0.25, 0.3) is 5.88 Å². The van der Waals surface area contributed by atoms with E-state index in [4.69, 9.17) is 15.2 Å². The summed E-state index contributed by atoms with van der Waals surface area (Å²) in [5.41, 5.74) is 8.46. The van der Waals surface area contributed by atoms with Gasteiger partial charge in [0.15, 0.2) is 5.82 Å². The van der Waals surface area contributed by atoms with Crippen LogP contribution in [0.15, 0.2) is 24.4 Å². The predicted octanol–water partition coefficient (Wildman–Crippen LogP) is 3.47. The molecule has 1 fully saturated rings. The fourth-order valence-electron chi connectivity index (χ4n) is 4.02. The SMILES string of the molecule is C[C@H]1Oc2nc(cnc2N)-c2c(nn(C)c2C#N)CCC2(CC2)Oc2ccc(F)cc21. The van der Waals surface area contributed by atoms with E-state index in [1.54, 1.807) is 24.7 Å². The number of benzene rings is 1. The van der Waals surface area contributed by atoms with Gasteiger partial charge >= 0.3 is 0 Å². The van der Waals surface area contributed by atoms with Crippen molar-refractivity contribution in [2.24, 2.45) is 7.05 Å².